The molecule has 0 aliphatic heterocycles. The van der Waals surface area contributed by atoms with Crippen LogP contribution in [0, 0.1) is 15.9 Å². The molecule has 1 N–H and O–H groups in total. The first-order valence-corrected chi connectivity index (χ1v) is 10.4. The van der Waals surface area contributed by atoms with Crippen molar-refractivity contribution in [1.82, 2.24) is 20.1 Å². The zero-order chi connectivity index (χ0) is 23.1. The minimum absolute atomic E-state index is 0.00655. The highest BCUT2D eigenvalue weighted by Gasteiger charge is 2.17. The number of nitrogens with one attached hydrogen (secondary N) is 1. The molecule has 11 heteroatoms. The highest BCUT2D eigenvalue weighted by atomic mass is 32.2. The first-order valence-electron chi connectivity index (χ1n) is 9.37. The molecule has 0 saturated heterocycles. The fraction of sp³-hybridized carbons (Fsp3) is 0.143. The molecule has 3 aromatic rings. The molecule has 1 amide bonds. The van der Waals surface area contributed by atoms with Gasteiger partial charge in [-0.25, -0.2) is 4.39 Å². The fourth-order valence-electron chi connectivity index (χ4n) is 2.78. The maximum absolute atomic E-state index is 13.8. The SMILES string of the molecule is C=CCn1c(CNC(=O)c2ccccc2F)nnc1SCC(=O)c1cccc([N+](=O)[O-])c1. The van der Waals surface area contributed by atoms with Gasteiger partial charge < -0.3 is 9.88 Å². The highest BCUT2D eigenvalue weighted by Crippen LogP contribution is 2.21. The summed E-state index contributed by atoms with van der Waals surface area (Å²) in [6, 6.07) is 11.1. The average molecular weight is 455 g/mol. The van der Waals surface area contributed by atoms with Crippen molar-refractivity contribution in [2.45, 2.75) is 18.2 Å². The lowest BCUT2D eigenvalue weighted by Crippen LogP contribution is -2.25. The van der Waals surface area contributed by atoms with Crippen LogP contribution in [-0.4, -0.2) is 37.1 Å². The largest absolute Gasteiger partial charge is 0.345 e. The molecule has 0 atom stereocenters. The van der Waals surface area contributed by atoms with Crippen molar-refractivity contribution in [2.75, 3.05) is 5.75 Å². The van der Waals surface area contributed by atoms with Gasteiger partial charge in [-0.15, -0.1) is 16.8 Å². The van der Waals surface area contributed by atoms with E-state index in [-0.39, 0.29) is 34.9 Å². The number of amides is 1. The lowest BCUT2D eigenvalue weighted by Gasteiger charge is -2.09. The number of thioether (sulfide) groups is 1. The van der Waals surface area contributed by atoms with Gasteiger partial charge in [-0.1, -0.05) is 42.1 Å². The molecular weight excluding hydrogens is 437 g/mol. The number of nitro groups is 1. The first kappa shape index (κ1) is 22.8. The molecule has 3 rings (SSSR count). The van der Waals surface area contributed by atoms with Crippen LogP contribution in [0.15, 0.2) is 66.3 Å². The molecular formula is C21H18FN5O4S. The van der Waals surface area contributed by atoms with Crippen LogP contribution < -0.4 is 5.32 Å². The van der Waals surface area contributed by atoms with Crippen LogP contribution in [0.4, 0.5) is 10.1 Å². The van der Waals surface area contributed by atoms with Crippen molar-refractivity contribution in [1.29, 1.82) is 0 Å². The molecule has 0 aliphatic rings. The summed E-state index contributed by atoms with van der Waals surface area (Å²) in [6.07, 6.45) is 1.61. The minimum Gasteiger partial charge on any atom is -0.345 e. The number of halogens is 1. The molecule has 0 spiro atoms. The Kier molecular flexibility index (Phi) is 7.45. The number of hydrogen-bond acceptors (Lipinski definition) is 7. The van der Waals surface area contributed by atoms with E-state index in [0.717, 1.165) is 11.8 Å². The Hall–Kier alpha value is -3.86. The van der Waals surface area contributed by atoms with Gasteiger partial charge in [0, 0.05) is 24.2 Å². The van der Waals surface area contributed by atoms with E-state index < -0.39 is 16.6 Å². The lowest BCUT2D eigenvalue weighted by atomic mass is 10.1. The number of carbonyl (C=O) groups excluding carboxylic acids is 2. The molecule has 0 fully saturated rings. The predicted molar refractivity (Wildman–Crippen MR) is 116 cm³/mol. The zero-order valence-corrected chi connectivity index (χ0v) is 17.5. The van der Waals surface area contributed by atoms with E-state index in [1.165, 1.54) is 42.5 Å². The van der Waals surface area contributed by atoms with Gasteiger partial charge >= 0.3 is 0 Å². The number of Topliss-reactive ketones (excluding diaryl/α,β-unsaturated/α-hetero) is 1. The van der Waals surface area contributed by atoms with Gasteiger partial charge in [0.25, 0.3) is 11.6 Å². The number of ketones is 1. The number of nitrogens with zero attached hydrogens (tertiary/aromatic N) is 4. The smallest absolute Gasteiger partial charge is 0.270 e. The summed E-state index contributed by atoms with van der Waals surface area (Å²) in [6.45, 7) is 4.01. The van der Waals surface area contributed by atoms with Gasteiger partial charge in [0.05, 0.1) is 22.8 Å². The van der Waals surface area contributed by atoms with Crippen LogP contribution in [0.25, 0.3) is 0 Å². The molecule has 0 bridgehead atoms. The Labute approximate surface area is 186 Å². The van der Waals surface area contributed by atoms with Crippen LogP contribution in [0.1, 0.15) is 26.5 Å². The molecule has 0 aliphatic carbocycles. The van der Waals surface area contributed by atoms with E-state index in [2.05, 4.69) is 22.1 Å². The molecule has 9 nitrogen and oxygen atoms in total. The van der Waals surface area contributed by atoms with E-state index in [0.29, 0.717) is 17.5 Å². The number of allylic oxidation sites excluding steroid dienone is 1. The second-order valence-electron chi connectivity index (χ2n) is 6.48. The van der Waals surface area contributed by atoms with Crippen molar-refractivity contribution >= 4 is 29.1 Å². The van der Waals surface area contributed by atoms with Gasteiger partial charge in [0.1, 0.15) is 5.82 Å². The Morgan fingerprint density at radius 1 is 1.22 bits per heavy atom. The maximum Gasteiger partial charge on any atom is 0.270 e. The second kappa shape index (κ2) is 10.4. The first-order chi connectivity index (χ1) is 15.4. The summed E-state index contributed by atoms with van der Waals surface area (Å²) >= 11 is 1.11. The predicted octanol–water partition coefficient (Wildman–Crippen LogP) is 3.42. The average Bonchev–Trinajstić information content (AvgIpc) is 3.18. The van der Waals surface area contributed by atoms with Crippen molar-refractivity contribution in [3.63, 3.8) is 0 Å². The summed E-state index contributed by atoms with van der Waals surface area (Å²) in [5, 5.41) is 22.0. The molecule has 164 valence electrons. The van der Waals surface area contributed by atoms with Crippen LogP contribution in [0.2, 0.25) is 0 Å². The quantitative estimate of drug-likeness (QED) is 0.163. The third kappa shape index (κ3) is 5.43. The van der Waals surface area contributed by atoms with Crippen molar-refractivity contribution in [3.05, 3.63) is 94.1 Å². The van der Waals surface area contributed by atoms with Crippen LogP contribution in [0.3, 0.4) is 0 Å². The fourth-order valence-corrected chi connectivity index (χ4v) is 3.64. The minimum atomic E-state index is -0.631. The van der Waals surface area contributed by atoms with Crippen LogP contribution in [0.5, 0.6) is 0 Å². The van der Waals surface area contributed by atoms with Crippen molar-refractivity contribution in [2.24, 2.45) is 0 Å². The van der Waals surface area contributed by atoms with Gasteiger partial charge in [0.2, 0.25) is 0 Å². The summed E-state index contributed by atoms with van der Waals surface area (Å²) < 4.78 is 15.4. The Morgan fingerprint density at radius 2 is 2.00 bits per heavy atom. The number of nitro benzene ring substituents is 1. The van der Waals surface area contributed by atoms with E-state index in [1.54, 1.807) is 16.7 Å². The highest BCUT2D eigenvalue weighted by molar-refractivity contribution is 7.99. The van der Waals surface area contributed by atoms with Gasteiger partial charge in [-0.05, 0) is 12.1 Å². The number of benzene rings is 2. The number of non-ortho nitro benzene ring substituents is 1. The standard InChI is InChI=1S/C21H18FN5O4S/c1-2-10-26-19(12-23-20(29)16-8-3-4-9-17(16)22)24-25-21(26)32-13-18(28)14-6-5-7-15(11-14)27(30)31/h2-9,11H,1,10,12-13H2,(H,23,29). The molecule has 0 unspecified atom stereocenters. The number of aromatic nitrogens is 3. The van der Waals surface area contributed by atoms with Crippen molar-refractivity contribution in [3.8, 4) is 0 Å². The monoisotopic (exact) mass is 455 g/mol. The molecule has 2 aromatic carbocycles. The normalized spacial score (nSPS) is 10.5. The molecule has 1 heterocycles. The third-order valence-electron chi connectivity index (χ3n) is 4.34. The molecule has 1 aromatic heterocycles. The van der Waals surface area contributed by atoms with Gasteiger partial charge in [-0.3, -0.25) is 19.7 Å². The van der Waals surface area contributed by atoms with Gasteiger partial charge in [-0.2, -0.15) is 0 Å². The molecule has 0 radical (unpaired) electrons. The van der Waals surface area contributed by atoms with Gasteiger partial charge in [0.15, 0.2) is 16.8 Å². The van der Waals surface area contributed by atoms with Crippen molar-refractivity contribution < 1.29 is 18.9 Å². The number of rotatable bonds is 10. The number of hydrogen-bond donors (Lipinski definition) is 1. The van der Waals surface area contributed by atoms with Crippen LogP contribution in [-0.2, 0) is 13.1 Å². The summed E-state index contributed by atoms with van der Waals surface area (Å²) in [5.41, 5.74) is -0.0261. The molecule has 0 saturated carbocycles. The Bertz CT molecular complexity index is 1180. The zero-order valence-electron chi connectivity index (χ0n) is 16.7. The second-order valence-corrected chi connectivity index (χ2v) is 7.42. The molecule has 32 heavy (non-hydrogen) atoms. The topological polar surface area (TPSA) is 120 Å². The lowest BCUT2D eigenvalue weighted by molar-refractivity contribution is -0.384. The maximum atomic E-state index is 13.8. The van der Waals surface area contributed by atoms with E-state index in [1.807, 2.05) is 0 Å². The Balaban J connectivity index is 1.68. The Morgan fingerprint density at radius 3 is 2.72 bits per heavy atom. The van der Waals surface area contributed by atoms with Crippen LogP contribution >= 0.6 is 11.8 Å². The van der Waals surface area contributed by atoms with E-state index >= 15 is 0 Å². The third-order valence-corrected chi connectivity index (χ3v) is 5.31. The van der Waals surface area contributed by atoms with E-state index in [9.17, 15) is 24.1 Å². The number of carbonyl (C=O) groups is 2. The summed E-state index contributed by atoms with van der Waals surface area (Å²) in [4.78, 5) is 35.0. The summed E-state index contributed by atoms with van der Waals surface area (Å²) in [7, 11) is 0. The summed E-state index contributed by atoms with van der Waals surface area (Å²) in [5.74, 6) is -1.14. The van der Waals surface area contributed by atoms with E-state index in [4.69, 9.17) is 0 Å².